The average molecular weight is 296 g/mol. The van der Waals surface area contributed by atoms with Crippen LogP contribution >= 0.6 is 0 Å². The Hall–Kier alpha value is -2.83. The molecule has 4 aromatic rings. The number of nitrogens with one attached hydrogen (secondary N) is 1. The standard InChI is InChI=1S/C15H16N6O/c1-10(2)20-8-11(6-16-20)14-18-13-7-17-21(15(13)19-14)9-12-4-3-5-22-12/h3-8,10H,9H2,1-2H3,(H,18,19). The maximum absolute atomic E-state index is 5.36. The van der Waals surface area contributed by atoms with Crippen molar-refractivity contribution in [3.05, 3.63) is 42.7 Å². The van der Waals surface area contributed by atoms with Crippen LogP contribution in [0.2, 0.25) is 0 Å². The maximum atomic E-state index is 5.36. The van der Waals surface area contributed by atoms with E-state index in [9.17, 15) is 0 Å². The van der Waals surface area contributed by atoms with Crippen molar-refractivity contribution in [2.75, 3.05) is 0 Å². The molecule has 4 aromatic heterocycles. The Kier molecular flexibility index (Phi) is 2.85. The molecule has 0 aromatic carbocycles. The lowest BCUT2D eigenvalue weighted by Crippen LogP contribution is -2.00. The Morgan fingerprint density at radius 1 is 1.27 bits per heavy atom. The van der Waals surface area contributed by atoms with Crippen LogP contribution in [0.5, 0.6) is 0 Å². The molecule has 0 radical (unpaired) electrons. The Morgan fingerprint density at radius 2 is 2.18 bits per heavy atom. The van der Waals surface area contributed by atoms with Gasteiger partial charge in [0.25, 0.3) is 0 Å². The number of furan rings is 1. The fraction of sp³-hybridized carbons (Fsp3) is 0.267. The summed E-state index contributed by atoms with van der Waals surface area (Å²) in [5, 5.41) is 8.69. The molecule has 0 spiro atoms. The first-order valence-corrected chi connectivity index (χ1v) is 7.19. The van der Waals surface area contributed by atoms with Crippen LogP contribution in [0.25, 0.3) is 22.6 Å². The second-order valence-electron chi connectivity index (χ2n) is 5.51. The predicted molar refractivity (Wildman–Crippen MR) is 81.3 cm³/mol. The number of aromatic amines is 1. The van der Waals surface area contributed by atoms with Crippen LogP contribution < -0.4 is 0 Å². The van der Waals surface area contributed by atoms with Crippen molar-refractivity contribution in [3.63, 3.8) is 0 Å². The smallest absolute Gasteiger partial charge is 0.177 e. The molecule has 0 atom stereocenters. The van der Waals surface area contributed by atoms with E-state index in [4.69, 9.17) is 4.42 Å². The fourth-order valence-electron chi connectivity index (χ4n) is 2.39. The van der Waals surface area contributed by atoms with Gasteiger partial charge in [-0.15, -0.1) is 0 Å². The van der Waals surface area contributed by atoms with Gasteiger partial charge in [-0.1, -0.05) is 0 Å². The minimum atomic E-state index is 0.326. The molecule has 0 bridgehead atoms. The van der Waals surface area contributed by atoms with Gasteiger partial charge in [-0.3, -0.25) is 4.68 Å². The summed E-state index contributed by atoms with van der Waals surface area (Å²) in [4.78, 5) is 7.93. The molecule has 0 aliphatic rings. The van der Waals surface area contributed by atoms with Gasteiger partial charge in [-0.2, -0.15) is 10.2 Å². The highest BCUT2D eigenvalue weighted by molar-refractivity contribution is 5.75. The molecule has 0 saturated carbocycles. The SMILES string of the molecule is CC(C)n1cc(-c2nc3c(cnn3Cc3ccco3)[nH]2)cn1. The lowest BCUT2D eigenvalue weighted by Gasteiger charge is -2.02. The number of aromatic nitrogens is 6. The fourth-order valence-corrected chi connectivity index (χ4v) is 2.39. The third kappa shape index (κ3) is 2.11. The molecule has 22 heavy (non-hydrogen) atoms. The molecule has 0 aliphatic carbocycles. The monoisotopic (exact) mass is 296 g/mol. The molecule has 1 N–H and O–H groups in total. The number of imidazole rings is 1. The second-order valence-corrected chi connectivity index (χ2v) is 5.51. The summed E-state index contributed by atoms with van der Waals surface area (Å²) in [6, 6.07) is 4.12. The van der Waals surface area contributed by atoms with E-state index < -0.39 is 0 Å². The van der Waals surface area contributed by atoms with Gasteiger partial charge in [0.1, 0.15) is 23.6 Å². The van der Waals surface area contributed by atoms with E-state index in [1.54, 1.807) is 12.5 Å². The summed E-state index contributed by atoms with van der Waals surface area (Å²) < 4.78 is 9.10. The minimum Gasteiger partial charge on any atom is -0.467 e. The van der Waals surface area contributed by atoms with Crippen LogP contribution in [0, 0.1) is 0 Å². The summed E-state index contributed by atoms with van der Waals surface area (Å²) in [7, 11) is 0. The molecule has 4 rings (SSSR count). The molecule has 7 heteroatoms. The Balaban J connectivity index is 1.70. The van der Waals surface area contributed by atoms with Crippen molar-refractivity contribution in [3.8, 4) is 11.4 Å². The van der Waals surface area contributed by atoms with E-state index in [2.05, 4.69) is 34.0 Å². The highest BCUT2D eigenvalue weighted by atomic mass is 16.3. The molecule has 0 aliphatic heterocycles. The van der Waals surface area contributed by atoms with Crippen molar-refractivity contribution in [2.45, 2.75) is 26.4 Å². The third-order valence-corrected chi connectivity index (χ3v) is 3.57. The van der Waals surface area contributed by atoms with E-state index in [0.29, 0.717) is 12.6 Å². The van der Waals surface area contributed by atoms with Gasteiger partial charge in [0.05, 0.1) is 24.2 Å². The van der Waals surface area contributed by atoms with Gasteiger partial charge in [0.15, 0.2) is 5.65 Å². The van der Waals surface area contributed by atoms with Crippen molar-refractivity contribution >= 4 is 11.2 Å². The molecule has 0 amide bonds. The molecule has 0 saturated heterocycles. The number of fused-ring (bicyclic) bond motifs is 1. The van der Waals surface area contributed by atoms with Crippen LogP contribution in [0.3, 0.4) is 0 Å². The molecule has 4 heterocycles. The molecule has 0 unspecified atom stereocenters. The number of hydrogen-bond donors (Lipinski definition) is 1. The lowest BCUT2D eigenvalue weighted by atomic mass is 10.3. The molecule has 0 fully saturated rings. The first-order valence-electron chi connectivity index (χ1n) is 7.19. The van der Waals surface area contributed by atoms with Crippen LogP contribution in [0.15, 0.2) is 41.4 Å². The number of H-pyrrole nitrogens is 1. The van der Waals surface area contributed by atoms with Crippen LogP contribution in [-0.2, 0) is 6.54 Å². The zero-order valence-corrected chi connectivity index (χ0v) is 12.4. The summed E-state index contributed by atoms with van der Waals surface area (Å²) in [5.74, 6) is 1.65. The van der Waals surface area contributed by atoms with Gasteiger partial charge in [-0.05, 0) is 26.0 Å². The summed E-state index contributed by atoms with van der Waals surface area (Å²) in [6.07, 6.45) is 7.25. The number of rotatable bonds is 4. The molecule has 112 valence electrons. The van der Waals surface area contributed by atoms with Gasteiger partial charge < -0.3 is 9.40 Å². The summed E-state index contributed by atoms with van der Waals surface area (Å²) in [5.41, 5.74) is 2.68. The van der Waals surface area contributed by atoms with E-state index in [1.165, 1.54) is 0 Å². The molecular weight excluding hydrogens is 280 g/mol. The predicted octanol–water partition coefficient (Wildman–Crippen LogP) is 2.85. The largest absolute Gasteiger partial charge is 0.467 e. The molecular formula is C15H16N6O. The van der Waals surface area contributed by atoms with Gasteiger partial charge >= 0.3 is 0 Å². The highest BCUT2D eigenvalue weighted by Crippen LogP contribution is 2.21. The van der Waals surface area contributed by atoms with Crippen molar-refractivity contribution in [2.24, 2.45) is 0 Å². The van der Waals surface area contributed by atoms with Gasteiger partial charge in [0, 0.05) is 12.2 Å². The normalized spacial score (nSPS) is 11.8. The van der Waals surface area contributed by atoms with Crippen molar-refractivity contribution in [1.29, 1.82) is 0 Å². The van der Waals surface area contributed by atoms with E-state index in [-0.39, 0.29) is 0 Å². The zero-order chi connectivity index (χ0) is 15.1. The Morgan fingerprint density at radius 3 is 2.91 bits per heavy atom. The van der Waals surface area contributed by atoms with E-state index >= 15 is 0 Å². The highest BCUT2D eigenvalue weighted by Gasteiger charge is 2.13. The van der Waals surface area contributed by atoms with Gasteiger partial charge in [-0.25, -0.2) is 9.67 Å². The maximum Gasteiger partial charge on any atom is 0.177 e. The number of nitrogens with zero attached hydrogens (tertiary/aromatic N) is 5. The van der Waals surface area contributed by atoms with E-state index in [1.807, 2.05) is 33.9 Å². The number of hydrogen-bond acceptors (Lipinski definition) is 4. The van der Waals surface area contributed by atoms with E-state index in [0.717, 1.165) is 28.3 Å². The van der Waals surface area contributed by atoms with Crippen molar-refractivity contribution < 1.29 is 4.42 Å². The summed E-state index contributed by atoms with van der Waals surface area (Å²) >= 11 is 0. The van der Waals surface area contributed by atoms with Crippen LogP contribution in [0.1, 0.15) is 25.6 Å². The first kappa shape index (κ1) is 12.9. The average Bonchev–Trinajstić information content (AvgIpc) is 3.24. The minimum absolute atomic E-state index is 0.326. The second kappa shape index (κ2) is 4.87. The Labute approximate surface area is 126 Å². The summed E-state index contributed by atoms with van der Waals surface area (Å²) in [6.45, 7) is 4.75. The molecule has 7 nitrogen and oxygen atoms in total. The van der Waals surface area contributed by atoms with Crippen LogP contribution in [0.4, 0.5) is 0 Å². The lowest BCUT2D eigenvalue weighted by molar-refractivity contribution is 0.483. The third-order valence-electron chi connectivity index (χ3n) is 3.57. The van der Waals surface area contributed by atoms with Crippen LogP contribution in [-0.4, -0.2) is 29.5 Å². The quantitative estimate of drug-likeness (QED) is 0.628. The zero-order valence-electron chi connectivity index (χ0n) is 12.4. The van der Waals surface area contributed by atoms with Gasteiger partial charge in [0.2, 0.25) is 0 Å². The first-order chi connectivity index (χ1) is 10.7. The topological polar surface area (TPSA) is 77.5 Å². The Bertz CT molecular complexity index is 896. The van der Waals surface area contributed by atoms with Crippen molar-refractivity contribution in [1.82, 2.24) is 29.5 Å².